The van der Waals surface area contributed by atoms with E-state index in [0.717, 1.165) is 25.0 Å². The van der Waals surface area contributed by atoms with Gasteiger partial charge in [0, 0.05) is 28.3 Å². The summed E-state index contributed by atoms with van der Waals surface area (Å²) in [6, 6.07) is 2.12. The van der Waals surface area contributed by atoms with Gasteiger partial charge in [0.05, 0.1) is 4.47 Å². The summed E-state index contributed by atoms with van der Waals surface area (Å²) in [6.45, 7) is 4.41. The monoisotopic (exact) mass is 397 g/mol. The van der Waals surface area contributed by atoms with Gasteiger partial charge in [-0.2, -0.15) is 0 Å². The molecule has 2 rings (SSSR count). The summed E-state index contributed by atoms with van der Waals surface area (Å²) in [5.74, 6) is -1.23. The topological polar surface area (TPSA) is 54.5 Å². The molecular formula is C13H14BrClFNO3S. The molecule has 0 unspecified atom stereocenters. The number of nitrogens with zero attached hydrogens (tertiary/aromatic N) is 1. The standard InChI is InChI=1S/C13H14BrClFNO3S/c1-13(2)4-3-5-17(13)12(18)8-6-9(16)11(14)10(7-8)21(15,19)20/h6-7H,3-5H2,1-2H3. The molecule has 0 radical (unpaired) electrons. The molecule has 1 aliphatic heterocycles. The second-order valence-electron chi connectivity index (χ2n) is 5.58. The molecule has 0 bridgehead atoms. The van der Waals surface area contributed by atoms with Crippen molar-refractivity contribution in [2.24, 2.45) is 0 Å². The Labute approximate surface area is 135 Å². The maximum Gasteiger partial charge on any atom is 0.262 e. The number of carbonyl (C=O) groups excluding carboxylic acids is 1. The lowest BCUT2D eigenvalue weighted by Crippen LogP contribution is -2.42. The normalized spacial score (nSPS) is 18.0. The van der Waals surface area contributed by atoms with Gasteiger partial charge in [-0.3, -0.25) is 4.79 Å². The van der Waals surface area contributed by atoms with Crippen LogP contribution in [0.2, 0.25) is 0 Å². The smallest absolute Gasteiger partial charge is 0.262 e. The maximum atomic E-state index is 13.9. The van der Waals surface area contributed by atoms with E-state index in [4.69, 9.17) is 10.7 Å². The van der Waals surface area contributed by atoms with Crippen LogP contribution in [-0.4, -0.2) is 31.3 Å². The molecule has 0 aliphatic carbocycles. The molecule has 8 heteroatoms. The van der Waals surface area contributed by atoms with Crippen LogP contribution in [0.15, 0.2) is 21.5 Å². The van der Waals surface area contributed by atoms with Gasteiger partial charge in [-0.25, -0.2) is 12.8 Å². The van der Waals surface area contributed by atoms with Crippen molar-refractivity contribution >= 4 is 41.6 Å². The van der Waals surface area contributed by atoms with Crippen LogP contribution in [0.1, 0.15) is 37.0 Å². The van der Waals surface area contributed by atoms with Crippen molar-refractivity contribution in [3.63, 3.8) is 0 Å². The Morgan fingerprint density at radius 1 is 1.43 bits per heavy atom. The lowest BCUT2D eigenvalue weighted by molar-refractivity contribution is 0.0651. The highest BCUT2D eigenvalue weighted by molar-refractivity contribution is 9.10. The van der Waals surface area contributed by atoms with E-state index < -0.39 is 25.7 Å². The van der Waals surface area contributed by atoms with Crippen LogP contribution in [0.3, 0.4) is 0 Å². The van der Waals surface area contributed by atoms with Crippen LogP contribution in [-0.2, 0) is 9.05 Å². The Bertz CT molecular complexity index is 706. The predicted molar refractivity (Wildman–Crippen MR) is 81.5 cm³/mol. The van der Waals surface area contributed by atoms with Crippen molar-refractivity contribution in [3.05, 3.63) is 28.0 Å². The van der Waals surface area contributed by atoms with Gasteiger partial charge in [0.15, 0.2) is 0 Å². The van der Waals surface area contributed by atoms with Crippen molar-refractivity contribution in [2.45, 2.75) is 37.1 Å². The zero-order chi connectivity index (χ0) is 16.0. The lowest BCUT2D eigenvalue weighted by Gasteiger charge is -2.31. The van der Waals surface area contributed by atoms with Gasteiger partial charge in [-0.1, -0.05) is 0 Å². The fraction of sp³-hybridized carbons (Fsp3) is 0.462. The molecular weight excluding hydrogens is 385 g/mol. The highest BCUT2D eigenvalue weighted by Gasteiger charge is 2.36. The first-order chi connectivity index (χ1) is 9.54. The molecule has 116 valence electrons. The molecule has 0 N–H and O–H groups in total. The molecule has 21 heavy (non-hydrogen) atoms. The number of hydrogen-bond donors (Lipinski definition) is 0. The number of hydrogen-bond acceptors (Lipinski definition) is 3. The third kappa shape index (κ3) is 3.24. The summed E-state index contributed by atoms with van der Waals surface area (Å²) in [4.78, 5) is 13.7. The first kappa shape index (κ1) is 16.7. The summed E-state index contributed by atoms with van der Waals surface area (Å²) in [5.41, 5.74) is -0.356. The fourth-order valence-corrected chi connectivity index (χ4v) is 4.60. The fourth-order valence-electron chi connectivity index (χ4n) is 2.50. The van der Waals surface area contributed by atoms with E-state index in [-0.39, 0.29) is 15.6 Å². The highest BCUT2D eigenvalue weighted by atomic mass is 79.9. The molecule has 1 aromatic carbocycles. The molecule has 4 nitrogen and oxygen atoms in total. The number of halogens is 3. The zero-order valence-corrected chi connectivity index (χ0v) is 14.6. The van der Waals surface area contributed by atoms with Crippen molar-refractivity contribution in [3.8, 4) is 0 Å². The summed E-state index contributed by atoms with van der Waals surface area (Å²) >= 11 is 2.84. The van der Waals surface area contributed by atoms with Crippen molar-refractivity contribution in [1.82, 2.24) is 4.90 Å². The maximum absolute atomic E-state index is 13.9. The summed E-state index contributed by atoms with van der Waals surface area (Å²) in [6.07, 6.45) is 1.71. The van der Waals surface area contributed by atoms with Gasteiger partial charge in [0.25, 0.3) is 15.0 Å². The first-order valence-corrected chi connectivity index (χ1v) is 9.40. The largest absolute Gasteiger partial charge is 0.334 e. The number of carbonyl (C=O) groups is 1. The first-order valence-electron chi connectivity index (χ1n) is 6.30. The third-order valence-electron chi connectivity index (χ3n) is 3.65. The number of likely N-dealkylation sites (tertiary alicyclic amines) is 1. The lowest BCUT2D eigenvalue weighted by atomic mass is 10.0. The minimum Gasteiger partial charge on any atom is -0.334 e. The number of amides is 1. The second kappa shape index (κ2) is 5.52. The van der Waals surface area contributed by atoms with Crippen LogP contribution < -0.4 is 0 Å². The molecule has 0 aromatic heterocycles. The summed E-state index contributed by atoms with van der Waals surface area (Å²) < 4.78 is 36.5. The quantitative estimate of drug-likeness (QED) is 0.716. The van der Waals surface area contributed by atoms with E-state index in [1.807, 2.05) is 13.8 Å². The Hall–Kier alpha value is -0.660. The molecule has 1 fully saturated rings. The molecule has 1 aliphatic rings. The third-order valence-corrected chi connectivity index (χ3v) is 6.07. The van der Waals surface area contributed by atoms with Crippen molar-refractivity contribution in [2.75, 3.05) is 6.54 Å². The van der Waals surface area contributed by atoms with E-state index >= 15 is 0 Å². The second-order valence-corrected chi connectivity index (χ2v) is 8.91. The number of rotatable bonds is 2. The van der Waals surface area contributed by atoms with Crippen molar-refractivity contribution < 1.29 is 17.6 Å². The van der Waals surface area contributed by atoms with Crippen LogP contribution in [0.25, 0.3) is 0 Å². The molecule has 1 saturated heterocycles. The Morgan fingerprint density at radius 2 is 2.05 bits per heavy atom. The van der Waals surface area contributed by atoms with Crippen LogP contribution in [0.4, 0.5) is 4.39 Å². The number of benzene rings is 1. The minimum absolute atomic E-state index is 0.0232. The molecule has 1 amide bonds. The van der Waals surface area contributed by atoms with E-state index in [0.29, 0.717) is 6.54 Å². The zero-order valence-electron chi connectivity index (χ0n) is 11.5. The van der Waals surface area contributed by atoms with E-state index in [2.05, 4.69) is 15.9 Å². The van der Waals surface area contributed by atoms with Gasteiger partial charge in [-0.05, 0) is 54.8 Å². The summed E-state index contributed by atoms with van der Waals surface area (Å²) in [5, 5.41) is 0. The van der Waals surface area contributed by atoms with Gasteiger partial charge < -0.3 is 4.90 Å². The van der Waals surface area contributed by atoms with Crippen molar-refractivity contribution in [1.29, 1.82) is 0 Å². The SMILES string of the molecule is CC1(C)CCCN1C(=O)c1cc(F)c(Br)c(S(=O)(=O)Cl)c1. The molecule has 1 heterocycles. The molecule has 0 spiro atoms. The van der Waals surface area contributed by atoms with Gasteiger partial charge >= 0.3 is 0 Å². The summed E-state index contributed by atoms with van der Waals surface area (Å²) in [7, 11) is 1.13. The van der Waals surface area contributed by atoms with Crippen LogP contribution in [0, 0.1) is 5.82 Å². The average Bonchev–Trinajstić information content (AvgIpc) is 2.69. The molecule has 0 saturated carbocycles. The van der Waals surface area contributed by atoms with Gasteiger partial charge in [-0.15, -0.1) is 0 Å². The molecule has 1 aromatic rings. The van der Waals surface area contributed by atoms with E-state index in [9.17, 15) is 17.6 Å². The minimum atomic E-state index is -4.15. The Kier molecular flexibility index (Phi) is 4.39. The Balaban J connectivity index is 2.51. The predicted octanol–water partition coefficient (Wildman–Crippen LogP) is 3.53. The molecule has 0 atom stereocenters. The Morgan fingerprint density at radius 3 is 2.52 bits per heavy atom. The van der Waals surface area contributed by atoms with Crippen LogP contribution in [0.5, 0.6) is 0 Å². The van der Waals surface area contributed by atoms with E-state index in [1.54, 1.807) is 4.90 Å². The van der Waals surface area contributed by atoms with Crippen LogP contribution >= 0.6 is 26.6 Å². The van der Waals surface area contributed by atoms with E-state index in [1.165, 1.54) is 0 Å². The highest BCUT2D eigenvalue weighted by Crippen LogP contribution is 2.33. The van der Waals surface area contributed by atoms with Gasteiger partial charge in [0.1, 0.15) is 10.7 Å². The van der Waals surface area contributed by atoms with Gasteiger partial charge in [0.2, 0.25) is 0 Å². The average molecular weight is 399 g/mol.